The zero-order valence-corrected chi connectivity index (χ0v) is 17.0. The maximum Gasteiger partial charge on any atom is 0.225 e. The van der Waals surface area contributed by atoms with Gasteiger partial charge in [-0.2, -0.15) is 0 Å². The molecule has 0 saturated carbocycles. The van der Waals surface area contributed by atoms with E-state index in [0.717, 1.165) is 11.3 Å². The number of nitrogens with zero attached hydrogens (tertiary/aromatic N) is 2. The summed E-state index contributed by atoms with van der Waals surface area (Å²) in [5, 5.41) is 0.758. The molecule has 0 amide bonds. The molecule has 0 radical (unpaired) electrons. The molecule has 136 valence electrons. The van der Waals surface area contributed by atoms with Crippen LogP contribution in [0, 0.1) is 0 Å². The fourth-order valence-corrected chi connectivity index (χ4v) is 6.96. The van der Waals surface area contributed by atoms with E-state index in [4.69, 9.17) is 11.6 Å². The lowest BCUT2D eigenvalue weighted by Gasteiger charge is -2.04. The quantitative estimate of drug-likeness (QED) is 0.590. The van der Waals surface area contributed by atoms with E-state index in [9.17, 15) is 12.6 Å². The Morgan fingerprint density at radius 2 is 1.92 bits per heavy atom. The Morgan fingerprint density at radius 3 is 2.54 bits per heavy atom. The molecule has 2 aromatic heterocycles. The van der Waals surface area contributed by atoms with Gasteiger partial charge in [0.15, 0.2) is 5.03 Å². The number of rotatable bonds is 6. The number of sulfone groups is 1. The van der Waals surface area contributed by atoms with Crippen LogP contribution >= 0.6 is 22.9 Å². The summed E-state index contributed by atoms with van der Waals surface area (Å²) in [7, 11) is -5.35. The van der Waals surface area contributed by atoms with E-state index >= 15 is 0 Å². The van der Waals surface area contributed by atoms with Crippen molar-refractivity contribution in [2.24, 2.45) is 0 Å². The molecular formula is C17H15ClN2O3S3. The molecule has 0 aliphatic carbocycles. The molecule has 1 aromatic carbocycles. The molecule has 9 heteroatoms. The summed E-state index contributed by atoms with van der Waals surface area (Å²) in [4.78, 5) is 8.43. The van der Waals surface area contributed by atoms with Crippen LogP contribution in [0.15, 0.2) is 62.9 Å². The topological polar surface area (TPSA) is 77.0 Å². The van der Waals surface area contributed by atoms with Crippen molar-refractivity contribution in [1.82, 2.24) is 9.97 Å². The molecule has 0 fully saturated rings. The smallest absolute Gasteiger partial charge is 0.225 e. The average Bonchev–Trinajstić information content (AvgIpc) is 3.09. The van der Waals surface area contributed by atoms with E-state index in [-0.39, 0.29) is 14.1 Å². The maximum atomic E-state index is 13.1. The normalized spacial score (nSPS) is 12.8. The third-order valence-electron chi connectivity index (χ3n) is 3.45. The summed E-state index contributed by atoms with van der Waals surface area (Å²) < 4.78 is 39.0. The van der Waals surface area contributed by atoms with Gasteiger partial charge in [-0.3, -0.25) is 9.19 Å². The molecule has 3 rings (SSSR count). The van der Waals surface area contributed by atoms with Crippen LogP contribution in [0.1, 0.15) is 13.3 Å². The average molecular weight is 427 g/mol. The van der Waals surface area contributed by atoms with Gasteiger partial charge in [0.25, 0.3) is 0 Å². The molecule has 5 nitrogen and oxygen atoms in total. The van der Waals surface area contributed by atoms with E-state index in [1.807, 2.05) is 6.92 Å². The van der Waals surface area contributed by atoms with Gasteiger partial charge >= 0.3 is 0 Å². The van der Waals surface area contributed by atoms with Crippen LogP contribution < -0.4 is 0 Å². The van der Waals surface area contributed by atoms with Crippen LogP contribution in [-0.2, 0) is 20.6 Å². The lowest BCUT2D eigenvalue weighted by Crippen LogP contribution is -2.07. The minimum Gasteiger partial charge on any atom is -0.264 e. The zero-order chi connectivity index (χ0) is 18.7. The lowest BCUT2D eigenvalue weighted by atomic mass is 10.3. The molecule has 3 aromatic rings. The first-order chi connectivity index (χ1) is 12.4. The molecule has 26 heavy (non-hydrogen) atoms. The summed E-state index contributed by atoms with van der Waals surface area (Å²) in [6.07, 6.45) is 3.90. The van der Waals surface area contributed by atoms with E-state index < -0.39 is 20.6 Å². The molecule has 2 heterocycles. The second kappa shape index (κ2) is 7.96. The van der Waals surface area contributed by atoms with Gasteiger partial charge in [0, 0.05) is 28.7 Å². The molecule has 0 bridgehead atoms. The third-order valence-corrected chi connectivity index (χ3v) is 8.75. The zero-order valence-electron chi connectivity index (χ0n) is 13.8. The van der Waals surface area contributed by atoms with Crippen LogP contribution in [0.5, 0.6) is 0 Å². The SMILES string of the molecule is CCCS(=O)c1sc(-c2cccnc2)nc1S(=O)(=O)c1ccc(Cl)cc1. The van der Waals surface area contributed by atoms with E-state index in [1.54, 1.807) is 24.5 Å². The van der Waals surface area contributed by atoms with Crippen molar-refractivity contribution in [3.05, 3.63) is 53.8 Å². The first kappa shape index (κ1) is 19.2. The summed E-state index contributed by atoms with van der Waals surface area (Å²) in [6.45, 7) is 1.90. The highest BCUT2D eigenvalue weighted by molar-refractivity contribution is 7.93. The Balaban J connectivity index is 2.17. The number of pyridine rings is 1. The van der Waals surface area contributed by atoms with Crippen molar-refractivity contribution in [2.45, 2.75) is 27.5 Å². The van der Waals surface area contributed by atoms with Crippen LogP contribution in [-0.4, -0.2) is 28.3 Å². The number of hydrogen-bond acceptors (Lipinski definition) is 6. The molecule has 1 unspecified atom stereocenters. The van der Waals surface area contributed by atoms with Gasteiger partial charge in [-0.1, -0.05) is 18.5 Å². The highest BCUT2D eigenvalue weighted by atomic mass is 35.5. The van der Waals surface area contributed by atoms with Crippen molar-refractivity contribution < 1.29 is 12.6 Å². The van der Waals surface area contributed by atoms with Crippen LogP contribution in [0.25, 0.3) is 10.6 Å². The van der Waals surface area contributed by atoms with Gasteiger partial charge in [0.2, 0.25) is 9.84 Å². The van der Waals surface area contributed by atoms with Crippen molar-refractivity contribution in [3.63, 3.8) is 0 Å². The second-order valence-corrected chi connectivity index (χ2v) is 10.4. The summed E-state index contributed by atoms with van der Waals surface area (Å²) in [6, 6.07) is 9.39. The predicted molar refractivity (Wildman–Crippen MR) is 104 cm³/mol. The van der Waals surface area contributed by atoms with E-state index in [1.165, 1.54) is 24.3 Å². The van der Waals surface area contributed by atoms with E-state index in [0.29, 0.717) is 27.8 Å². The molecule has 0 aliphatic rings. The van der Waals surface area contributed by atoms with Crippen molar-refractivity contribution in [3.8, 4) is 10.6 Å². The third kappa shape index (κ3) is 3.88. The molecule has 0 N–H and O–H groups in total. The van der Waals surface area contributed by atoms with Crippen molar-refractivity contribution in [1.29, 1.82) is 0 Å². The highest BCUT2D eigenvalue weighted by Crippen LogP contribution is 2.35. The van der Waals surface area contributed by atoms with Gasteiger partial charge in [0.1, 0.15) is 9.22 Å². The second-order valence-electron chi connectivity index (χ2n) is 5.36. The van der Waals surface area contributed by atoms with Gasteiger partial charge in [0.05, 0.1) is 15.7 Å². The molecule has 0 saturated heterocycles. The van der Waals surface area contributed by atoms with Gasteiger partial charge in [-0.25, -0.2) is 13.4 Å². The summed E-state index contributed by atoms with van der Waals surface area (Å²) in [5.74, 6) is 0.373. The Bertz CT molecular complexity index is 1030. The largest absolute Gasteiger partial charge is 0.264 e. The highest BCUT2D eigenvalue weighted by Gasteiger charge is 2.29. The van der Waals surface area contributed by atoms with Crippen LogP contribution in [0.4, 0.5) is 0 Å². The van der Waals surface area contributed by atoms with Gasteiger partial charge in [-0.15, -0.1) is 11.3 Å². The fraction of sp³-hybridized carbons (Fsp3) is 0.176. The predicted octanol–water partition coefficient (Wildman–Crippen LogP) is 4.21. The number of thiazole rings is 1. The van der Waals surface area contributed by atoms with E-state index in [2.05, 4.69) is 9.97 Å². The first-order valence-corrected chi connectivity index (χ1v) is 11.7. The lowest BCUT2D eigenvalue weighted by molar-refractivity contribution is 0.590. The summed E-state index contributed by atoms with van der Waals surface area (Å²) >= 11 is 6.98. The number of hydrogen-bond donors (Lipinski definition) is 0. The number of benzene rings is 1. The fourth-order valence-electron chi connectivity index (χ4n) is 2.22. The van der Waals surface area contributed by atoms with Crippen LogP contribution in [0.2, 0.25) is 5.02 Å². The Morgan fingerprint density at radius 1 is 1.19 bits per heavy atom. The molecule has 1 atom stereocenters. The Labute approximate surface area is 163 Å². The minimum absolute atomic E-state index is 0.0692. The molecule has 0 aliphatic heterocycles. The minimum atomic E-state index is -3.91. The van der Waals surface area contributed by atoms with Gasteiger partial charge < -0.3 is 0 Å². The number of aromatic nitrogens is 2. The van der Waals surface area contributed by atoms with Gasteiger partial charge in [-0.05, 0) is 42.8 Å². The molecular weight excluding hydrogens is 412 g/mol. The van der Waals surface area contributed by atoms with Crippen molar-refractivity contribution in [2.75, 3.05) is 5.75 Å². The Hall–Kier alpha value is -1.61. The number of halogens is 1. The Kier molecular flexibility index (Phi) is 5.86. The van der Waals surface area contributed by atoms with Crippen LogP contribution in [0.3, 0.4) is 0 Å². The molecule has 0 spiro atoms. The monoisotopic (exact) mass is 426 g/mol. The standard InChI is InChI=1S/C17H15ClN2O3S3/c1-2-10-25(21)17-16(20-15(24-17)12-4-3-9-19-11-12)26(22,23)14-7-5-13(18)6-8-14/h3-9,11H,2,10H2,1H3. The van der Waals surface area contributed by atoms with Crippen molar-refractivity contribution >= 4 is 43.6 Å². The summed E-state index contributed by atoms with van der Waals surface area (Å²) in [5.41, 5.74) is 0.685. The maximum absolute atomic E-state index is 13.1. The first-order valence-electron chi connectivity index (χ1n) is 7.73.